The highest BCUT2D eigenvalue weighted by Crippen LogP contribution is 2.25. The maximum Gasteiger partial charge on any atom is 0.277 e. The average Bonchev–Trinajstić information content (AvgIpc) is 3.29. The Morgan fingerprint density at radius 2 is 1.88 bits per heavy atom. The molecule has 9 nitrogen and oxygen atoms in total. The molecule has 0 unspecified atom stereocenters. The number of ether oxygens (including phenoxy) is 1. The normalized spacial score (nSPS) is 14.9. The summed E-state index contributed by atoms with van der Waals surface area (Å²) in [4.78, 5) is 12.6. The molecule has 0 radical (unpaired) electrons. The first kappa shape index (κ1) is 22.5. The van der Waals surface area contributed by atoms with E-state index in [0.717, 1.165) is 22.9 Å². The van der Waals surface area contributed by atoms with E-state index in [1.807, 2.05) is 30.3 Å². The van der Waals surface area contributed by atoms with Crippen molar-refractivity contribution < 1.29 is 22.4 Å². The first-order chi connectivity index (χ1) is 15.4. The van der Waals surface area contributed by atoms with Crippen LogP contribution in [-0.2, 0) is 19.6 Å². The Kier molecular flexibility index (Phi) is 6.89. The molecule has 3 aromatic rings. The van der Waals surface area contributed by atoms with Gasteiger partial charge >= 0.3 is 0 Å². The Labute approximate surface area is 190 Å². The van der Waals surface area contributed by atoms with Crippen molar-refractivity contribution in [2.45, 2.75) is 17.0 Å². The summed E-state index contributed by atoms with van der Waals surface area (Å²) >= 11 is 1.11. The molecule has 1 amide bonds. The quantitative estimate of drug-likeness (QED) is 0.520. The minimum atomic E-state index is -3.65. The molecule has 0 bridgehead atoms. The van der Waals surface area contributed by atoms with Gasteiger partial charge < -0.3 is 14.5 Å². The summed E-state index contributed by atoms with van der Waals surface area (Å²) in [6.45, 7) is 3.16. The Hall–Kier alpha value is -2.73. The van der Waals surface area contributed by atoms with E-state index in [-0.39, 0.29) is 21.8 Å². The van der Waals surface area contributed by atoms with Gasteiger partial charge in [0.2, 0.25) is 21.8 Å². The predicted octanol–water partition coefficient (Wildman–Crippen LogP) is 2.80. The molecule has 0 atom stereocenters. The van der Waals surface area contributed by atoms with Crippen molar-refractivity contribution in [1.29, 1.82) is 0 Å². The van der Waals surface area contributed by atoms with Crippen LogP contribution in [0.15, 0.2) is 63.1 Å². The Bertz CT molecular complexity index is 1190. The second-order valence-electron chi connectivity index (χ2n) is 7.07. The lowest BCUT2D eigenvalue weighted by Gasteiger charge is -2.26. The number of anilines is 1. The molecule has 0 saturated carbocycles. The van der Waals surface area contributed by atoms with Crippen LogP contribution in [0, 0.1) is 6.92 Å². The summed E-state index contributed by atoms with van der Waals surface area (Å²) in [5.41, 5.74) is 2.00. The second-order valence-corrected chi connectivity index (χ2v) is 9.93. The van der Waals surface area contributed by atoms with Crippen molar-refractivity contribution >= 4 is 33.4 Å². The van der Waals surface area contributed by atoms with Gasteiger partial charge in [0.05, 0.1) is 23.9 Å². The number of nitrogens with one attached hydrogen (secondary N) is 1. The van der Waals surface area contributed by atoms with Crippen molar-refractivity contribution in [2.75, 3.05) is 37.4 Å². The zero-order valence-corrected chi connectivity index (χ0v) is 19.0. The highest BCUT2D eigenvalue weighted by atomic mass is 32.2. The lowest BCUT2D eigenvalue weighted by Crippen LogP contribution is -2.40. The van der Waals surface area contributed by atoms with E-state index < -0.39 is 10.0 Å². The van der Waals surface area contributed by atoms with Crippen molar-refractivity contribution in [3.8, 4) is 11.5 Å². The number of rotatable bonds is 7. The maximum absolute atomic E-state index is 12.9. The Balaban J connectivity index is 1.40. The summed E-state index contributed by atoms with van der Waals surface area (Å²) in [6, 6.07) is 14.1. The molecule has 2 aromatic carbocycles. The van der Waals surface area contributed by atoms with Crippen molar-refractivity contribution in [2.24, 2.45) is 0 Å². The number of aryl methyl sites for hydroxylation is 1. The molecular formula is C21H22N4O5S2. The van der Waals surface area contributed by atoms with E-state index >= 15 is 0 Å². The highest BCUT2D eigenvalue weighted by Gasteiger charge is 2.27. The van der Waals surface area contributed by atoms with Gasteiger partial charge in [0.25, 0.3) is 5.22 Å². The van der Waals surface area contributed by atoms with E-state index in [1.54, 1.807) is 19.1 Å². The number of thioether (sulfide) groups is 1. The van der Waals surface area contributed by atoms with E-state index in [9.17, 15) is 13.2 Å². The Morgan fingerprint density at radius 3 is 2.62 bits per heavy atom. The third-order valence-corrected chi connectivity index (χ3v) is 7.56. The minimum Gasteiger partial charge on any atom is -0.411 e. The number of carbonyl (C=O) groups is 1. The molecule has 1 aromatic heterocycles. The molecule has 1 aliphatic rings. The van der Waals surface area contributed by atoms with Crippen LogP contribution in [0.4, 0.5) is 5.69 Å². The predicted molar refractivity (Wildman–Crippen MR) is 120 cm³/mol. The van der Waals surface area contributed by atoms with E-state index in [2.05, 4.69) is 15.5 Å². The van der Waals surface area contributed by atoms with Crippen LogP contribution >= 0.6 is 11.8 Å². The Morgan fingerprint density at radius 1 is 1.12 bits per heavy atom. The molecule has 1 aliphatic heterocycles. The van der Waals surface area contributed by atoms with Gasteiger partial charge in [-0.05, 0) is 36.8 Å². The fourth-order valence-electron chi connectivity index (χ4n) is 3.11. The minimum absolute atomic E-state index is 0.0380. The number of nitrogens with zero attached hydrogens (tertiary/aromatic N) is 3. The fourth-order valence-corrected chi connectivity index (χ4v) is 5.11. The van der Waals surface area contributed by atoms with Crippen LogP contribution in [0.5, 0.6) is 0 Å². The standard InChI is InChI=1S/C21H22N4O5S2/c1-15-7-8-17(32(27,28)25-9-11-29-12-10-25)13-18(15)22-19(26)14-31-21-24-23-20(30-21)16-5-3-2-4-6-16/h2-8,13H,9-12,14H2,1H3,(H,22,26). The van der Waals surface area contributed by atoms with Crippen LogP contribution in [-0.4, -0.2) is 60.9 Å². The monoisotopic (exact) mass is 474 g/mol. The van der Waals surface area contributed by atoms with Crippen molar-refractivity contribution in [1.82, 2.24) is 14.5 Å². The SMILES string of the molecule is Cc1ccc(S(=O)(=O)N2CCOCC2)cc1NC(=O)CSc1nnc(-c2ccccc2)o1. The third kappa shape index (κ3) is 5.18. The summed E-state index contributed by atoms with van der Waals surface area (Å²) in [6.07, 6.45) is 0. The number of hydrogen-bond donors (Lipinski definition) is 1. The summed E-state index contributed by atoms with van der Waals surface area (Å²) in [5.74, 6) is 0.111. The number of morpholine rings is 1. The average molecular weight is 475 g/mol. The molecule has 2 heterocycles. The zero-order valence-electron chi connectivity index (χ0n) is 17.4. The zero-order chi connectivity index (χ0) is 22.6. The number of carbonyl (C=O) groups excluding carboxylic acids is 1. The van der Waals surface area contributed by atoms with E-state index in [4.69, 9.17) is 9.15 Å². The summed E-state index contributed by atoms with van der Waals surface area (Å²) in [5, 5.41) is 11.0. The van der Waals surface area contributed by atoms with Crippen LogP contribution in [0.3, 0.4) is 0 Å². The lowest BCUT2D eigenvalue weighted by molar-refractivity contribution is -0.113. The second kappa shape index (κ2) is 9.82. The molecule has 1 fully saturated rings. The van der Waals surface area contributed by atoms with Gasteiger partial charge in [-0.15, -0.1) is 10.2 Å². The van der Waals surface area contributed by atoms with Crippen molar-refractivity contribution in [3.63, 3.8) is 0 Å². The topological polar surface area (TPSA) is 115 Å². The highest BCUT2D eigenvalue weighted by molar-refractivity contribution is 7.99. The molecular weight excluding hydrogens is 452 g/mol. The van der Waals surface area contributed by atoms with Gasteiger partial charge in [-0.3, -0.25) is 4.79 Å². The first-order valence-electron chi connectivity index (χ1n) is 9.93. The number of amides is 1. The van der Waals surface area contributed by atoms with Gasteiger partial charge in [0.15, 0.2) is 0 Å². The molecule has 4 rings (SSSR count). The molecule has 1 saturated heterocycles. The fraction of sp³-hybridized carbons (Fsp3) is 0.286. The van der Waals surface area contributed by atoms with E-state index in [1.165, 1.54) is 10.4 Å². The van der Waals surface area contributed by atoms with Crippen LogP contribution in [0.25, 0.3) is 11.5 Å². The van der Waals surface area contributed by atoms with Crippen LogP contribution < -0.4 is 5.32 Å². The third-order valence-electron chi connectivity index (χ3n) is 4.84. The van der Waals surface area contributed by atoms with Gasteiger partial charge in [0, 0.05) is 24.3 Å². The first-order valence-corrected chi connectivity index (χ1v) is 12.4. The van der Waals surface area contributed by atoms with Gasteiger partial charge in [-0.1, -0.05) is 36.0 Å². The molecule has 11 heteroatoms. The molecule has 168 valence electrons. The molecule has 1 N–H and O–H groups in total. The van der Waals surface area contributed by atoms with Gasteiger partial charge in [-0.2, -0.15) is 4.31 Å². The molecule has 0 aliphatic carbocycles. The largest absolute Gasteiger partial charge is 0.411 e. The lowest BCUT2D eigenvalue weighted by atomic mass is 10.2. The van der Waals surface area contributed by atoms with E-state index in [0.29, 0.717) is 37.9 Å². The summed E-state index contributed by atoms with van der Waals surface area (Å²) < 4.78 is 38.0. The number of hydrogen-bond acceptors (Lipinski definition) is 8. The number of benzene rings is 2. The number of sulfonamides is 1. The van der Waals surface area contributed by atoms with Gasteiger partial charge in [-0.25, -0.2) is 8.42 Å². The van der Waals surface area contributed by atoms with Crippen LogP contribution in [0.1, 0.15) is 5.56 Å². The van der Waals surface area contributed by atoms with Crippen LogP contribution in [0.2, 0.25) is 0 Å². The maximum atomic E-state index is 12.9. The summed E-state index contributed by atoms with van der Waals surface area (Å²) in [7, 11) is -3.65. The van der Waals surface area contributed by atoms with Gasteiger partial charge in [0.1, 0.15) is 0 Å². The van der Waals surface area contributed by atoms with Crippen molar-refractivity contribution in [3.05, 3.63) is 54.1 Å². The molecule has 0 spiro atoms. The smallest absolute Gasteiger partial charge is 0.277 e. The number of aromatic nitrogens is 2. The molecule has 32 heavy (non-hydrogen) atoms.